The van der Waals surface area contributed by atoms with Crippen molar-refractivity contribution in [1.82, 2.24) is 0 Å². The summed E-state index contributed by atoms with van der Waals surface area (Å²) in [5.74, 6) is 0.789. The van der Waals surface area contributed by atoms with Gasteiger partial charge in [-0.1, -0.05) is 47.5 Å². The number of fused-ring (bicyclic) bond motifs is 1. The van der Waals surface area contributed by atoms with E-state index in [1.54, 1.807) is 18.2 Å². The van der Waals surface area contributed by atoms with Crippen LogP contribution in [0.5, 0.6) is 5.75 Å². The van der Waals surface area contributed by atoms with E-state index in [2.05, 4.69) is 0 Å². The molecule has 1 aliphatic rings. The van der Waals surface area contributed by atoms with Crippen LogP contribution in [0.1, 0.15) is 29.2 Å². The maximum Gasteiger partial charge on any atom is 0.128 e. The van der Waals surface area contributed by atoms with E-state index in [0.29, 0.717) is 22.2 Å². The molecule has 0 aromatic heterocycles. The minimum absolute atomic E-state index is 0.457. The van der Waals surface area contributed by atoms with Crippen molar-refractivity contribution in [3.05, 3.63) is 63.1 Å². The summed E-state index contributed by atoms with van der Waals surface area (Å²) in [6, 6.07) is 11.0. The molecule has 0 amide bonds. The van der Waals surface area contributed by atoms with Crippen LogP contribution in [0, 0.1) is 0 Å². The molecule has 20 heavy (non-hydrogen) atoms. The summed E-state index contributed by atoms with van der Waals surface area (Å²) in [6.45, 7) is 0.686. The lowest BCUT2D eigenvalue weighted by Gasteiger charge is -2.23. The van der Waals surface area contributed by atoms with E-state index in [1.807, 2.05) is 18.2 Å². The molecule has 0 fully saturated rings. The molecule has 4 heteroatoms. The van der Waals surface area contributed by atoms with Gasteiger partial charge in [-0.15, -0.1) is 0 Å². The molecule has 0 saturated heterocycles. The van der Waals surface area contributed by atoms with E-state index in [-0.39, 0.29) is 0 Å². The van der Waals surface area contributed by atoms with Crippen LogP contribution >= 0.6 is 23.2 Å². The Kier molecular flexibility index (Phi) is 3.88. The zero-order valence-electron chi connectivity index (χ0n) is 10.8. The van der Waals surface area contributed by atoms with Crippen molar-refractivity contribution in [2.75, 3.05) is 6.61 Å². The maximum absolute atomic E-state index is 10.6. The molecule has 2 aromatic carbocycles. The van der Waals surface area contributed by atoms with Gasteiger partial charge in [-0.25, -0.2) is 0 Å². The first-order chi connectivity index (χ1) is 9.66. The molecule has 0 radical (unpaired) electrons. The van der Waals surface area contributed by atoms with E-state index < -0.39 is 6.10 Å². The van der Waals surface area contributed by atoms with Crippen LogP contribution in [0.25, 0.3) is 0 Å². The van der Waals surface area contributed by atoms with Crippen LogP contribution in [-0.4, -0.2) is 11.7 Å². The predicted octanol–water partition coefficient (Wildman–Crippen LogP) is 4.40. The number of rotatable bonds is 2. The number of aliphatic hydroxyl groups is 1. The normalized spacial score (nSPS) is 15.3. The Labute approximate surface area is 127 Å². The van der Waals surface area contributed by atoms with Crippen molar-refractivity contribution in [2.45, 2.75) is 18.9 Å². The SMILES string of the molecule is OC(c1ccc(Cl)cc1Cl)c1cccc2c1OCCC2. The number of ether oxygens (including phenoxy) is 1. The van der Waals surface area contributed by atoms with Gasteiger partial charge in [0.05, 0.1) is 6.61 Å². The highest BCUT2D eigenvalue weighted by Crippen LogP contribution is 2.38. The molecule has 1 N–H and O–H groups in total. The number of hydrogen-bond acceptors (Lipinski definition) is 2. The smallest absolute Gasteiger partial charge is 0.128 e. The lowest BCUT2D eigenvalue weighted by molar-refractivity contribution is 0.207. The molecule has 0 spiro atoms. The van der Waals surface area contributed by atoms with Gasteiger partial charge in [0.2, 0.25) is 0 Å². The van der Waals surface area contributed by atoms with E-state index in [9.17, 15) is 5.11 Å². The largest absolute Gasteiger partial charge is 0.493 e. The summed E-state index contributed by atoms with van der Waals surface area (Å²) in [7, 11) is 0. The standard InChI is InChI=1S/C16H14Cl2O2/c17-11-6-7-12(14(18)9-11)15(19)13-5-1-3-10-4-2-8-20-16(10)13/h1,3,5-7,9,15,19H,2,4,8H2. The third-order valence-electron chi connectivity index (χ3n) is 3.52. The van der Waals surface area contributed by atoms with E-state index in [0.717, 1.165) is 29.7 Å². The molecule has 3 rings (SSSR count). The van der Waals surface area contributed by atoms with Gasteiger partial charge in [-0.3, -0.25) is 0 Å². The third-order valence-corrected chi connectivity index (χ3v) is 4.08. The fourth-order valence-corrected chi connectivity index (χ4v) is 3.03. The first-order valence-electron chi connectivity index (χ1n) is 6.54. The Morgan fingerprint density at radius 1 is 1.10 bits per heavy atom. The van der Waals surface area contributed by atoms with Gasteiger partial charge in [-0.05, 0) is 30.5 Å². The first kappa shape index (κ1) is 13.7. The number of para-hydroxylation sites is 1. The summed E-state index contributed by atoms with van der Waals surface area (Å²) >= 11 is 12.1. The minimum Gasteiger partial charge on any atom is -0.493 e. The van der Waals surface area contributed by atoms with Gasteiger partial charge in [0.15, 0.2) is 0 Å². The maximum atomic E-state index is 10.6. The van der Waals surface area contributed by atoms with Crippen LogP contribution < -0.4 is 4.74 Å². The summed E-state index contributed by atoms with van der Waals surface area (Å²) in [6.07, 6.45) is 1.17. The lowest BCUT2D eigenvalue weighted by Crippen LogP contribution is -2.12. The summed E-state index contributed by atoms with van der Waals surface area (Å²) in [5, 5.41) is 11.6. The average Bonchev–Trinajstić information content (AvgIpc) is 2.46. The van der Waals surface area contributed by atoms with Crippen LogP contribution in [0.15, 0.2) is 36.4 Å². The van der Waals surface area contributed by atoms with Gasteiger partial charge in [0.1, 0.15) is 11.9 Å². The molecule has 1 atom stereocenters. The van der Waals surface area contributed by atoms with Crippen LogP contribution in [-0.2, 0) is 6.42 Å². The Hall–Kier alpha value is -1.22. The highest BCUT2D eigenvalue weighted by atomic mass is 35.5. The predicted molar refractivity (Wildman–Crippen MR) is 80.8 cm³/mol. The second-order valence-corrected chi connectivity index (χ2v) is 5.70. The molecule has 0 bridgehead atoms. The number of aliphatic hydroxyl groups excluding tert-OH is 1. The van der Waals surface area contributed by atoms with Crippen LogP contribution in [0.3, 0.4) is 0 Å². The fourth-order valence-electron chi connectivity index (χ4n) is 2.52. The third kappa shape index (κ3) is 2.51. The Balaban J connectivity index is 2.04. The number of hydrogen-bond donors (Lipinski definition) is 1. The van der Waals surface area contributed by atoms with Crippen molar-refractivity contribution < 1.29 is 9.84 Å². The van der Waals surface area contributed by atoms with Gasteiger partial charge in [0.25, 0.3) is 0 Å². The molecule has 104 valence electrons. The molecule has 2 aromatic rings. The van der Waals surface area contributed by atoms with Crippen molar-refractivity contribution in [3.63, 3.8) is 0 Å². The summed E-state index contributed by atoms with van der Waals surface area (Å²) in [5.41, 5.74) is 2.53. The average molecular weight is 309 g/mol. The van der Waals surface area contributed by atoms with E-state index in [4.69, 9.17) is 27.9 Å². The topological polar surface area (TPSA) is 29.5 Å². The molecule has 0 aliphatic carbocycles. The second kappa shape index (κ2) is 5.65. The fraction of sp³-hybridized carbons (Fsp3) is 0.250. The van der Waals surface area contributed by atoms with Gasteiger partial charge in [0, 0.05) is 21.2 Å². The van der Waals surface area contributed by atoms with Gasteiger partial charge in [-0.2, -0.15) is 0 Å². The zero-order chi connectivity index (χ0) is 14.1. The van der Waals surface area contributed by atoms with E-state index >= 15 is 0 Å². The molecular weight excluding hydrogens is 295 g/mol. The first-order valence-corrected chi connectivity index (χ1v) is 7.30. The molecule has 2 nitrogen and oxygen atoms in total. The van der Waals surface area contributed by atoms with Crippen molar-refractivity contribution in [2.24, 2.45) is 0 Å². The summed E-state index contributed by atoms with van der Waals surface area (Å²) < 4.78 is 5.73. The van der Waals surface area contributed by atoms with Crippen molar-refractivity contribution in [1.29, 1.82) is 0 Å². The molecule has 1 heterocycles. The zero-order valence-corrected chi connectivity index (χ0v) is 12.3. The number of benzene rings is 2. The Morgan fingerprint density at radius 3 is 2.75 bits per heavy atom. The monoisotopic (exact) mass is 308 g/mol. The second-order valence-electron chi connectivity index (χ2n) is 4.86. The Bertz CT molecular complexity index is 640. The van der Waals surface area contributed by atoms with Gasteiger partial charge < -0.3 is 9.84 Å². The quantitative estimate of drug-likeness (QED) is 0.891. The Morgan fingerprint density at radius 2 is 1.95 bits per heavy atom. The molecule has 1 aliphatic heterocycles. The van der Waals surface area contributed by atoms with Crippen LogP contribution in [0.2, 0.25) is 10.0 Å². The highest BCUT2D eigenvalue weighted by molar-refractivity contribution is 6.35. The van der Waals surface area contributed by atoms with Crippen molar-refractivity contribution >= 4 is 23.2 Å². The molecule has 0 saturated carbocycles. The van der Waals surface area contributed by atoms with Crippen LogP contribution in [0.4, 0.5) is 0 Å². The summed E-state index contributed by atoms with van der Waals surface area (Å²) in [4.78, 5) is 0. The molecular formula is C16H14Cl2O2. The minimum atomic E-state index is -0.812. The van der Waals surface area contributed by atoms with Gasteiger partial charge >= 0.3 is 0 Å². The van der Waals surface area contributed by atoms with E-state index in [1.165, 1.54) is 0 Å². The highest BCUT2D eigenvalue weighted by Gasteiger charge is 2.22. The van der Waals surface area contributed by atoms with Crippen molar-refractivity contribution in [3.8, 4) is 5.75 Å². The molecule has 1 unspecified atom stereocenters. The number of halogens is 2. The lowest BCUT2D eigenvalue weighted by atomic mass is 9.95. The number of aryl methyl sites for hydroxylation is 1.